The molecule has 1 aromatic rings. The zero-order valence-corrected chi connectivity index (χ0v) is 14.0. The first-order valence-electron chi connectivity index (χ1n) is 7.89. The van der Waals surface area contributed by atoms with E-state index in [9.17, 15) is 9.59 Å². The molecule has 6 heteroatoms. The van der Waals surface area contributed by atoms with Crippen LogP contribution >= 0.6 is 0 Å². The van der Waals surface area contributed by atoms with Crippen LogP contribution in [0.25, 0.3) is 0 Å². The van der Waals surface area contributed by atoms with Crippen molar-refractivity contribution in [1.29, 1.82) is 0 Å². The highest BCUT2D eigenvalue weighted by atomic mass is 16.5. The summed E-state index contributed by atoms with van der Waals surface area (Å²) in [5.74, 6) is 0.00588. The molecule has 1 aliphatic heterocycles. The van der Waals surface area contributed by atoms with Crippen molar-refractivity contribution >= 4 is 17.6 Å². The molecule has 1 aromatic carbocycles. The third-order valence-corrected chi connectivity index (χ3v) is 3.66. The highest BCUT2D eigenvalue weighted by Crippen LogP contribution is 2.28. The van der Waals surface area contributed by atoms with Gasteiger partial charge in [0, 0.05) is 13.1 Å². The van der Waals surface area contributed by atoms with Gasteiger partial charge >= 0.3 is 6.03 Å². The molecule has 0 unspecified atom stereocenters. The predicted octanol–water partition coefficient (Wildman–Crippen LogP) is 2.59. The number of rotatable bonds is 3. The Hall–Kier alpha value is -2.24. The lowest BCUT2D eigenvalue weighted by Gasteiger charge is -2.31. The van der Waals surface area contributed by atoms with Crippen LogP contribution in [0.2, 0.25) is 0 Å². The first-order chi connectivity index (χ1) is 10.8. The topological polar surface area (TPSA) is 84.7 Å². The van der Waals surface area contributed by atoms with Crippen molar-refractivity contribution in [1.82, 2.24) is 4.90 Å². The second kappa shape index (κ2) is 6.89. The molecule has 1 aliphatic rings. The molecule has 3 amide bonds. The van der Waals surface area contributed by atoms with Crippen LogP contribution in [0.5, 0.6) is 5.75 Å². The van der Waals surface area contributed by atoms with Gasteiger partial charge in [-0.05, 0) is 45.7 Å². The van der Waals surface area contributed by atoms with Crippen LogP contribution in [0.3, 0.4) is 0 Å². The fourth-order valence-electron chi connectivity index (χ4n) is 2.58. The number of para-hydroxylation sites is 2. The van der Waals surface area contributed by atoms with Gasteiger partial charge in [-0.15, -0.1) is 0 Å². The molecular weight excluding hydrogens is 294 g/mol. The maximum atomic E-state index is 12.5. The van der Waals surface area contributed by atoms with Crippen molar-refractivity contribution in [2.24, 2.45) is 11.7 Å². The number of ether oxygens (including phenoxy) is 1. The zero-order valence-electron chi connectivity index (χ0n) is 14.0. The van der Waals surface area contributed by atoms with Gasteiger partial charge in [0.05, 0.1) is 11.6 Å². The fourth-order valence-corrected chi connectivity index (χ4v) is 2.58. The highest BCUT2D eigenvalue weighted by molar-refractivity contribution is 5.91. The van der Waals surface area contributed by atoms with E-state index in [1.54, 1.807) is 11.0 Å². The van der Waals surface area contributed by atoms with Gasteiger partial charge in [-0.2, -0.15) is 0 Å². The lowest BCUT2D eigenvalue weighted by atomic mass is 9.98. The van der Waals surface area contributed by atoms with Crippen LogP contribution in [0.1, 0.15) is 33.6 Å². The van der Waals surface area contributed by atoms with E-state index in [-0.39, 0.29) is 23.5 Å². The normalized spacial score (nSPS) is 18.4. The first kappa shape index (κ1) is 17.1. The van der Waals surface area contributed by atoms with Gasteiger partial charge in [0.25, 0.3) is 0 Å². The van der Waals surface area contributed by atoms with Crippen LogP contribution in [-0.2, 0) is 4.79 Å². The van der Waals surface area contributed by atoms with Gasteiger partial charge in [-0.1, -0.05) is 12.1 Å². The molecular formula is C17H25N3O3. The van der Waals surface area contributed by atoms with Crippen LogP contribution in [0, 0.1) is 5.92 Å². The van der Waals surface area contributed by atoms with Crippen molar-refractivity contribution < 1.29 is 14.3 Å². The molecule has 1 fully saturated rings. The number of primary amides is 1. The number of nitrogens with one attached hydrogen (secondary N) is 1. The number of hydrogen-bond donors (Lipinski definition) is 2. The Balaban J connectivity index is 2.07. The molecule has 6 nitrogen and oxygen atoms in total. The van der Waals surface area contributed by atoms with Crippen LogP contribution < -0.4 is 15.8 Å². The Labute approximate surface area is 137 Å². The fraction of sp³-hybridized carbons (Fsp3) is 0.529. The summed E-state index contributed by atoms with van der Waals surface area (Å²) in [7, 11) is 0. The minimum atomic E-state index is -0.358. The number of benzene rings is 1. The van der Waals surface area contributed by atoms with Crippen molar-refractivity contribution in [3.8, 4) is 5.75 Å². The number of amides is 3. The summed E-state index contributed by atoms with van der Waals surface area (Å²) < 4.78 is 5.87. The zero-order chi connectivity index (χ0) is 17.0. The lowest BCUT2D eigenvalue weighted by molar-refractivity contribution is -0.123. The summed E-state index contributed by atoms with van der Waals surface area (Å²) in [5.41, 5.74) is 5.62. The number of carbonyl (C=O) groups excluding carboxylic acids is 2. The van der Waals surface area contributed by atoms with E-state index in [0.717, 1.165) is 12.8 Å². The molecule has 0 aromatic heterocycles. The number of nitrogens with zero attached hydrogens (tertiary/aromatic N) is 1. The minimum absolute atomic E-state index is 0.235. The number of piperidine rings is 1. The largest absolute Gasteiger partial charge is 0.486 e. The summed E-state index contributed by atoms with van der Waals surface area (Å²) in [4.78, 5) is 25.4. The Morgan fingerprint density at radius 2 is 2.00 bits per heavy atom. The summed E-state index contributed by atoms with van der Waals surface area (Å²) in [5, 5.41) is 2.87. The van der Waals surface area contributed by atoms with Crippen molar-refractivity contribution in [2.45, 2.75) is 39.2 Å². The van der Waals surface area contributed by atoms with Gasteiger partial charge in [-0.3, -0.25) is 4.79 Å². The summed E-state index contributed by atoms with van der Waals surface area (Å²) in [6, 6.07) is 7.09. The Morgan fingerprint density at radius 1 is 1.30 bits per heavy atom. The molecule has 1 atom stereocenters. The van der Waals surface area contributed by atoms with Crippen molar-refractivity contribution in [3.63, 3.8) is 0 Å². The first-order valence-corrected chi connectivity index (χ1v) is 7.89. The molecule has 1 saturated heterocycles. The number of hydrogen-bond acceptors (Lipinski definition) is 3. The van der Waals surface area contributed by atoms with Crippen LogP contribution in [0.4, 0.5) is 10.5 Å². The second-order valence-corrected chi connectivity index (χ2v) is 6.83. The molecule has 126 valence electrons. The molecule has 0 saturated carbocycles. The van der Waals surface area contributed by atoms with Gasteiger partial charge < -0.3 is 20.7 Å². The van der Waals surface area contributed by atoms with E-state index < -0.39 is 0 Å². The quantitative estimate of drug-likeness (QED) is 0.898. The van der Waals surface area contributed by atoms with Crippen molar-refractivity contribution in [3.05, 3.63) is 24.3 Å². The number of anilines is 1. The van der Waals surface area contributed by atoms with Gasteiger partial charge in [0.1, 0.15) is 11.4 Å². The Morgan fingerprint density at radius 3 is 2.65 bits per heavy atom. The van der Waals surface area contributed by atoms with Gasteiger partial charge in [0.15, 0.2) is 0 Å². The average Bonchev–Trinajstić information content (AvgIpc) is 2.48. The van der Waals surface area contributed by atoms with E-state index in [1.165, 1.54) is 0 Å². The maximum Gasteiger partial charge on any atom is 0.321 e. The van der Waals surface area contributed by atoms with Crippen LogP contribution in [0.15, 0.2) is 24.3 Å². The number of carbonyl (C=O) groups is 2. The molecule has 1 heterocycles. The maximum absolute atomic E-state index is 12.5. The number of nitrogens with two attached hydrogens (primary N) is 1. The van der Waals surface area contributed by atoms with Gasteiger partial charge in [0.2, 0.25) is 5.91 Å². The predicted molar refractivity (Wildman–Crippen MR) is 89.3 cm³/mol. The molecule has 3 N–H and O–H groups in total. The molecule has 0 radical (unpaired) electrons. The second-order valence-electron chi connectivity index (χ2n) is 6.83. The summed E-state index contributed by atoms with van der Waals surface area (Å²) in [6.45, 7) is 6.84. The van der Waals surface area contributed by atoms with Crippen LogP contribution in [-0.4, -0.2) is 35.5 Å². The average molecular weight is 319 g/mol. The summed E-state index contributed by atoms with van der Waals surface area (Å²) >= 11 is 0. The SMILES string of the molecule is CC(C)(C)Oc1ccccc1NC(=O)N1CCC[C@H](C(N)=O)C1. The minimum Gasteiger partial charge on any atom is -0.486 e. The third kappa shape index (κ3) is 4.87. The molecule has 23 heavy (non-hydrogen) atoms. The van der Waals surface area contributed by atoms with E-state index >= 15 is 0 Å². The third-order valence-electron chi connectivity index (χ3n) is 3.66. The summed E-state index contributed by atoms with van der Waals surface area (Å²) in [6.07, 6.45) is 1.52. The standard InChI is InChI=1S/C17H25N3O3/c1-17(2,3)23-14-9-5-4-8-13(14)19-16(22)20-10-6-7-12(11-20)15(18)21/h4-5,8-9,12H,6-7,10-11H2,1-3H3,(H2,18,21)(H,19,22)/t12-/m0/s1. The Bertz CT molecular complexity index is 581. The molecule has 0 spiro atoms. The smallest absolute Gasteiger partial charge is 0.321 e. The Kier molecular flexibility index (Phi) is 5.13. The van der Waals surface area contributed by atoms with Crippen molar-refractivity contribution in [2.75, 3.05) is 18.4 Å². The van der Waals surface area contributed by atoms with E-state index in [0.29, 0.717) is 24.5 Å². The number of urea groups is 1. The monoisotopic (exact) mass is 319 g/mol. The highest BCUT2D eigenvalue weighted by Gasteiger charge is 2.27. The van der Waals surface area contributed by atoms with E-state index in [4.69, 9.17) is 10.5 Å². The molecule has 0 aliphatic carbocycles. The molecule has 2 rings (SSSR count). The van der Waals surface area contributed by atoms with E-state index in [2.05, 4.69) is 5.32 Å². The van der Waals surface area contributed by atoms with E-state index in [1.807, 2.05) is 39.0 Å². The molecule has 0 bridgehead atoms. The van der Waals surface area contributed by atoms with Gasteiger partial charge in [-0.25, -0.2) is 4.79 Å². The lowest BCUT2D eigenvalue weighted by Crippen LogP contribution is -2.45. The number of likely N-dealkylation sites (tertiary alicyclic amines) is 1.